The van der Waals surface area contributed by atoms with Gasteiger partial charge in [-0.25, -0.2) is 0 Å². The number of carbonyl (C=O) groups is 3. The van der Waals surface area contributed by atoms with Crippen molar-refractivity contribution in [2.75, 3.05) is 26.2 Å². The topological polar surface area (TPSA) is 99.7 Å². The van der Waals surface area contributed by atoms with Gasteiger partial charge in [0.1, 0.15) is 0 Å². The Morgan fingerprint density at radius 2 is 1.67 bits per heavy atom. The van der Waals surface area contributed by atoms with Crippen molar-refractivity contribution in [1.29, 1.82) is 0 Å². The van der Waals surface area contributed by atoms with E-state index in [2.05, 4.69) is 20.9 Å². The molecular formula is C14H26N4O3. The molecule has 0 unspecified atom stereocenters. The number of ketones is 1. The van der Waals surface area contributed by atoms with E-state index in [1.54, 1.807) is 0 Å². The summed E-state index contributed by atoms with van der Waals surface area (Å²) in [4.78, 5) is 37.2. The SMILES string of the molecule is CC(=O)CN=CNCCC(C)(C)C(=O)NCCNC(C)=O. The van der Waals surface area contributed by atoms with Crippen molar-refractivity contribution >= 4 is 23.9 Å². The number of carbonyl (C=O) groups excluding carboxylic acids is 3. The highest BCUT2D eigenvalue weighted by Crippen LogP contribution is 2.19. The summed E-state index contributed by atoms with van der Waals surface area (Å²) in [7, 11) is 0. The third-order valence-electron chi connectivity index (χ3n) is 2.79. The maximum atomic E-state index is 12.0. The summed E-state index contributed by atoms with van der Waals surface area (Å²) >= 11 is 0. The smallest absolute Gasteiger partial charge is 0.225 e. The molecule has 0 aromatic rings. The summed E-state index contributed by atoms with van der Waals surface area (Å²) in [5.74, 6) is -0.167. The number of nitrogens with one attached hydrogen (secondary N) is 3. The van der Waals surface area contributed by atoms with Gasteiger partial charge in [0.05, 0.1) is 12.9 Å². The van der Waals surface area contributed by atoms with Crippen LogP contribution in [0.1, 0.15) is 34.1 Å². The first-order valence-corrected chi connectivity index (χ1v) is 6.99. The standard InChI is InChI=1S/C14H26N4O3/c1-11(19)9-16-10-15-6-5-14(3,4)13(21)18-8-7-17-12(2)20/h10H,5-9H2,1-4H3,(H,15,16)(H,17,20)(H,18,21). The number of aliphatic imine (C=N–C) groups is 1. The van der Waals surface area contributed by atoms with Crippen molar-refractivity contribution in [3.63, 3.8) is 0 Å². The Kier molecular flexibility index (Phi) is 9.00. The fourth-order valence-electron chi connectivity index (χ4n) is 1.46. The second-order valence-electron chi connectivity index (χ2n) is 5.50. The van der Waals surface area contributed by atoms with Crippen LogP contribution in [-0.2, 0) is 14.4 Å². The molecule has 0 atom stereocenters. The summed E-state index contributed by atoms with van der Waals surface area (Å²) in [6.45, 7) is 8.22. The summed E-state index contributed by atoms with van der Waals surface area (Å²) < 4.78 is 0. The fourth-order valence-corrected chi connectivity index (χ4v) is 1.46. The predicted molar refractivity (Wildman–Crippen MR) is 82.1 cm³/mol. The molecule has 0 radical (unpaired) electrons. The monoisotopic (exact) mass is 298 g/mol. The molecule has 0 saturated heterocycles. The van der Waals surface area contributed by atoms with Gasteiger partial charge in [-0.1, -0.05) is 13.8 Å². The highest BCUT2D eigenvalue weighted by Gasteiger charge is 2.26. The van der Waals surface area contributed by atoms with E-state index in [9.17, 15) is 14.4 Å². The van der Waals surface area contributed by atoms with E-state index in [1.807, 2.05) is 13.8 Å². The van der Waals surface area contributed by atoms with Gasteiger partial charge >= 0.3 is 0 Å². The highest BCUT2D eigenvalue weighted by atomic mass is 16.2. The minimum Gasteiger partial charge on any atom is -0.376 e. The van der Waals surface area contributed by atoms with Crippen LogP contribution < -0.4 is 16.0 Å². The van der Waals surface area contributed by atoms with Crippen LogP contribution in [0.5, 0.6) is 0 Å². The van der Waals surface area contributed by atoms with Crippen LogP contribution >= 0.6 is 0 Å². The minimum atomic E-state index is -0.516. The van der Waals surface area contributed by atoms with Gasteiger partial charge in [-0.15, -0.1) is 0 Å². The van der Waals surface area contributed by atoms with E-state index in [1.165, 1.54) is 20.2 Å². The van der Waals surface area contributed by atoms with Gasteiger partial charge in [-0.05, 0) is 13.3 Å². The summed E-state index contributed by atoms with van der Waals surface area (Å²) in [6, 6.07) is 0. The third-order valence-corrected chi connectivity index (χ3v) is 2.79. The minimum absolute atomic E-state index is 0.00641. The van der Waals surface area contributed by atoms with Crippen LogP contribution in [0.4, 0.5) is 0 Å². The number of hydrogen-bond donors (Lipinski definition) is 3. The second kappa shape index (κ2) is 9.90. The molecule has 0 fully saturated rings. The molecule has 0 heterocycles. The van der Waals surface area contributed by atoms with E-state index >= 15 is 0 Å². The van der Waals surface area contributed by atoms with Gasteiger partial charge in [-0.3, -0.25) is 19.4 Å². The fraction of sp³-hybridized carbons (Fsp3) is 0.714. The van der Waals surface area contributed by atoms with Crippen LogP contribution in [0, 0.1) is 5.41 Å². The van der Waals surface area contributed by atoms with E-state index in [0.717, 1.165) is 0 Å². The van der Waals surface area contributed by atoms with Crippen LogP contribution in [0.15, 0.2) is 4.99 Å². The largest absolute Gasteiger partial charge is 0.376 e. The zero-order valence-corrected chi connectivity index (χ0v) is 13.3. The normalized spacial score (nSPS) is 11.2. The lowest BCUT2D eigenvalue weighted by Gasteiger charge is -2.23. The van der Waals surface area contributed by atoms with E-state index in [-0.39, 0.29) is 24.1 Å². The predicted octanol–water partition coefficient (Wildman–Crippen LogP) is -0.138. The molecule has 0 aromatic heterocycles. The van der Waals surface area contributed by atoms with Crippen LogP contribution in [-0.4, -0.2) is 50.1 Å². The molecule has 0 bridgehead atoms. The molecule has 120 valence electrons. The number of Topliss-reactive ketones (excluding diaryl/α,β-unsaturated/α-hetero) is 1. The van der Waals surface area contributed by atoms with Crippen molar-refractivity contribution in [1.82, 2.24) is 16.0 Å². The summed E-state index contributed by atoms with van der Waals surface area (Å²) in [5.41, 5.74) is -0.516. The Labute approximate surface area is 126 Å². The lowest BCUT2D eigenvalue weighted by molar-refractivity contribution is -0.129. The van der Waals surface area contributed by atoms with Gasteiger partial charge < -0.3 is 16.0 Å². The molecular weight excluding hydrogens is 272 g/mol. The van der Waals surface area contributed by atoms with E-state index in [4.69, 9.17) is 0 Å². The van der Waals surface area contributed by atoms with Gasteiger partial charge in [-0.2, -0.15) is 0 Å². The average molecular weight is 298 g/mol. The van der Waals surface area contributed by atoms with Gasteiger partial charge in [0.15, 0.2) is 5.78 Å². The lowest BCUT2D eigenvalue weighted by atomic mass is 9.88. The molecule has 0 aromatic carbocycles. The Bertz CT molecular complexity index is 392. The van der Waals surface area contributed by atoms with Gasteiger partial charge in [0.25, 0.3) is 0 Å². The van der Waals surface area contributed by atoms with Crippen LogP contribution in [0.25, 0.3) is 0 Å². The van der Waals surface area contributed by atoms with Crippen molar-refractivity contribution in [3.05, 3.63) is 0 Å². The molecule has 0 aliphatic rings. The molecule has 3 N–H and O–H groups in total. The molecule has 7 nitrogen and oxygen atoms in total. The number of rotatable bonds is 10. The van der Waals surface area contributed by atoms with E-state index in [0.29, 0.717) is 26.1 Å². The first-order valence-electron chi connectivity index (χ1n) is 6.99. The number of nitrogens with zero attached hydrogens (tertiary/aromatic N) is 1. The van der Waals surface area contributed by atoms with Crippen LogP contribution in [0.2, 0.25) is 0 Å². The van der Waals surface area contributed by atoms with Gasteiger partial charge in [0.2, 0.25) is 11.8 Å². The molecule has 2 amide bonds. The highest BCUT2D eigenvalue weighted by molar-refractivity contribution is 5.82. The maximum absolute atomic E-state index is 12.0. The maximum Gasteiger partial charge on any atom is 0.225 e. The Morgan fingerprint density at radius 1 is 1.05 bits per heavy atom. The molecule has 0 saturated carbocycles. The first-order chi connectivity index (χ1) is 9.75. The molecule has 0 aliphatic carbocycles. The Morgan fingerprint density at radius 3 is 2.24 bits per heavy atom. The van der Waals surface area contributed by atoms with Crippen molar-refractivity contribution in [2.24, 2.45) is 10.4 Å². The molecule has 7 heteroatoms. The van der Waals surface area contributed by atoms with Crippen LogP contribution in [0.3, 0.4) is 0 Å². The zero-order valence-electron chi connectivity index (χ0n) is 13.3. The zero-order chi connectivity index (χ0) is 16.3. The summed E-state index contributed by atoms with van der Waals surface area (Å²) in [5, 5.41) is 8.36. The molecule has 0 spiro atoms. The van der Waals surface area contributed by atoms with Crippen molar-refractivity contribution in [2.45, 2.75) is 34.1 Å². The van der Waals surface area contributed by atoms with Gasteiger partial charge in [0, 0.05) is 32.0 Å². The lowest BCUT2D eigenvalue weighted by Crippen LogP contribution is -2.42. The molecule has 21 heavy (non-hydrogen) atoms. The summed E-state index contributed by atoms with van der Waals surface area (Å²) in [6.07, 6.45) is 2.12. The number of hydrogen-bond acceptors (Lipinski definition) is 4. The van der Waals surface area contributed by atoms with Crippen molar-refractivity contribution < 1.29 is 14.4 Å². The Hall–Kier alpha value is -1.92. The number of amides is 2. The van der Waals surface area contributed by atoms with Crippen molar-refractivity contribution in [3.8, 4) is 0 Å². The molecule has 0 aliphatic heterocycles. The average Bonchev–Trinajstić information content (AvgIpc) is 2.37. The first kappa shape index (κ1) is 19.1. The Balaban J connectivity index is 3.89. The molecule has 0 rings (SSSR count). The quantitative estimate of drug-likeness (QED) is 0.297. The van der Waals surface area contributed by atoms with E-state index < -0.39 is 5.41 Å². The third kappa shape index (κ3) is 10.5. The second-order valence-corrected chi connectivity index (χ2v) is 5.50.